The minimum absolute atomic E-state index is 0.0204. The first kappa shape index (κ1) is 18.2. The van der Waals surface area contributed by atoms with Crippen LogP contribution in [0.3, 0.4) is 0 Å². The van der Waals surface area contributed by atoms with Crippen LogP contribution in [0.1, 0.15) is 24.0 Å². The average molecular weight is 341 g/mol. The number of aliphatic hydroxyl groups is 1. The molecule has 1 rings (SSSR count). The third-order valence-electron chi connectivity index (χ3n) is 2.44. The van der Waals surface area contributed by atoms with Crippen molar-refractivity contribution in [3.63, 3.8) is 0 Å². The molecule has 0 radical (unpaired) electrons. The fourth-order valence-corrected chi connectivity index (χ4v) is 2.32. The highest BCUT2D eigenvalue weighted by Crippen LogP contribution is 2.42. The van der Waals surface area contributed by atoms with Crippen LogP contribution >= 0.6 is 11.3 Å². The highest BCUT2D eigenvalue weighted by molar-refractivity contribution is 7.09. The highest BCUT2D eigenvalue weighted by atomic mass is 32.1. The Kier molecular flexibility index (Phi) is 5.72. The van der Waals surface area contributed by atoms with E-state index in [-0.39, 0.29) is 12.3 Å². The number of ether oxygens (including phenoxy) is 1. The average Bonchev–Trinajstić information content (AvgIpc) is 2.82. The zero-order valence-corrected chi connectivity index (χ0v) is 12.5. The third kappa shape index (κ3) is 4.31. The van der Waals surface area contributed by atoms with Gasteiger partial charge in [-0.3, -0.25) is 10.2 Å². The lowest BCUT2D eigenvalue weighted by molar-refractivity contribution is -0.267. The second-order valence-electron chi connectivity index (χ2n) is 4.22. The molecule has 1 aromatic heterocycles. The molecule has 22 heavy (non-hydrogen) atoms. The van der Waals surface area contributed by atoms with Gasteiger partial charge in [0.05, 0.1) is 13.0 Å². The van der Waals surface area contributed by atoms with Crippen molar-refractivity contribution >= 4 is 23.3 Å². The molecule has 0 fully saturated rings. The summed E-state index contributed by atoms with van der Waals surface area (Å²) in [6.45, 7) is 2.99. The van der Waals surface area contributed by atoms with Crippen LogP contribution in [0.25, 0.3) is 0 Å². The summed E-state index contributed by atoms with van der Waals surface area (Å²) in [5, 5.41) is 10.6. The molecule has 1 heterocycles. The second kappa shape index (κ2) is 6.92. The Morgan fingerprint density at radius 3 is 2.50 bits per heavy atom. The topological polar surface area (TPSA) is 101 Å². The van der Waals surface area contributed by atoms with Crippen LogP contribution in [0.4, 0.5) is 18.0 Å². The van der Waals surface area contributed by atoms with E-state index in [9.17, 15) is 27.9 Å². The quantitative estimate of drug-likeness (QED) is 0.718. The van der Waals surface area contributed by atoms with E-state index in [1.165, 1.54) is 19.2 Å². The fourth-order valence-electron chi connectivity index (χ4n) is 1.41. The summed E-state index contributed by atoms with van der Waals surface area (Å²) in [7, 11) is 0. The number of halogens is 3. The molecule has 3 N–H and O–H groups in total. The van der Waals surface area contributed by atoms with Crippen LogP contribution in [0.2, 0.25) is 0 Å². The number of aryl methyl sites for hydroxylation is 1. The Balaban J connectivity index is 2.83. The van der Waals surface area contributed by atoms with Gasteiger partial charge < -0.3 is 9.84 Å². The van der Waals surface area contributed by atoms with Gasteiger partial charge in [0.1, 0.15) is 5.01 Å². The van der Waals surface area contributed by atoms with Gasteiger partial charge in [-0.1, -0.05) is 0 Å². The monoisotopic (exact) mass is 341 g/mol. The molecule has 0 aliphatic heterocycles. The molecule has 1 unspecified atom stereocenters. The molecule has 0 aliphatic carbocycles. The van der Waals surface area contributed by atoms with E-state index in [4.69, 9.17) is 0 Å². The van der Waals surface area contributed by atoms with Gasteiger partial charge in [0.2, 0.25) is 11.5 Å². The van der Waals surface area contributed by atoms with Gasteiger partial charge >= 0.3 is 12.3 Å². The number of amides is 2. The van der Waals surface area contributed by atoms with Gasteiger partial charge in [0.25, 0.3) is 0 Å². The molecule has 0 bridgehead atoms. The number of hydrogen-bond acceptors (Lipinski definition) is 6. The van der Waals surface area contributed by atoms with Gasteiger partial charge in [-0.05, 0) is 13.8 Å². The van der Waals surface area contributed by atoms with Crippen LogP contribution in [-0.4, -0.2) is 34.9 Å². The first-order chi connectivity index (χ1) is 10.1. The molecule has 11 heteroatoms. The number of carbonyl (C=O) groups is 2. The van der Waals surface area contributed by atoms with Gasteiger partial charge in [-0.2, -0.15) is 13.2 Å². The fraction of sp³-hybridized carbons (Fsp3) is 0.545. The van der Waals surface area contributed by atoms with E-state index >= 15 is 0 Å². The highest BCUT2D eigenvalue weighted by Gasteiger charge is 2.58. The van der Waals surface area contributed by atoms with Gasteiger partial charge in [0, 0.05) is 11.1 Å². The summed E-state index contributed by atoms with van der Waals surface area (Å²) in [5.74, 6) is -1.25. The lowest BCUT2D eigenvalue weighted by Gasteiger charge is -2.27. The van der Waals surface area contributed by atoms with E-state index in [0.29, 0.717) is 11.3 Å². The van der Waals surface area contributed by atoms with Crippen molar-refractivity contribution in [3.05, 3.63) is 16.1 Å². The van der Waals surface area contributed by atoms with Crippen LogP contribution in [0.15, 0.2) is 5.38 Å². The van der Waals surface area contributed by atoms with Crippen molar-refractivity contribution in [2.24, 2.45) is 0 Å². The normalized spacial score (nSPS) is 14.1. The molecule has 0 aliphatic rings. The van der Waals surface area contributed by atoms with Crippen molar-refractivity contribution in [2.45, 2.75) is 32.0 Å². The third-order valence-corrected chi connectivity index (χ3v) is 3.55. The summed E-state index contributed by atoms with van der Waals surface area (Å²) in [6, 6.07) is 0. The molecule has 0 aromatic carbocycles. The van der Waals surface area contributed by atoms with Crippen molar-refractivity contribution in [2.75, 3.05) is 6.61 Å². The maximum Gasteiger partial charge on any atom is 0.426 e. The van der Waals surface area contributed by atoms with Crippen molar-refractivity contribution < 1.29 is 32.6 Å². The van der Waals surface area contributed by atoms with Gasteiger partial charge in [-0.25, -0.2) is 15.2 Å². The molecule has 1 atom stereocenters. The summed E-state index contributed by atoms with van der Waals surface area (Å²) in [6.07, 6.45) is -7.49. The molecule has 124 valence electrons. The van der Waals surface area contributed by atoms with Crippen molar-refractivity contribution in [1.82, 2.24) is 15.8 Å². The van der Waals surface area contributed by atoms with Crippen LogP contribution in [-0.2, 0) is 15.1 Å². The van der Waals surface area contributed by atoms with E-state index in [1.54, 1.807) is 10.9 Å². The number of hydrazine groups is 1. The summed E-state index contributed by atoms with van der Waals surface area (Å²) < 4.78 is 43.7. The number of hydrogen-bond donors (Lipinski definition) is 3. The minimum atomic E-state index is -5.11. The lowest BCUT2D eigenvalue weighted by atomic mass is 9.99. The number of nitrogens with one attached hydrogen (secondary N) is 2. The van der Waals surface area contributed by atoms with Crippen molar-refractivity contribution in [3.8, 4) is 0 Å². The van der Waals surface area contributed by atoms with Crippen molar-refractivity contribution in [1.29, 1.82) is 0 Å². The number of carbonyl (C=O) groups excluding carboxylic acids is 2. The Morgan fingerprint density at radius 1 is 1.41 bits per heavy atom. The standard InChI is InChI=1S/C11H14F3N3O4S/c1-3-21-9(19)17-16-7(18)4-10(20,11(12,13)14)8-15-6(2)5-22-8/h5,20H,3-4H2,1-2H3,(H,16,18)(H,17,19). The second-order valence-corrected chi connectivity index (χ2v) is 5.08. The minimum Gasteiger partial charge on any atom is -0.449 e. The summed E-state index contributed by atoms with van der Waals surface area (Å²) in [5.41, 5.74) is 0.330. The predicted molar refractivity (Wildman–Crippen MR) is 69.7 cm³/mol. The largest absolute Gasteiger partial charge is 0.449 e. The van der Waals surface area contributed by atoms with Gasteiger partial charge in [0.15, 0.2) is 0 Å². The first-order valence-corrected chi connectivity index (χ1v) is 6.91. The lowest BCUT2D eigenvalue weighted by Crippen LogP contribution is -2.49. The van der Waals surface area contributed by atoms with E-state index in [2.05, 4.69) is 9.72 Å². The zero-order valence-electron chi connectivity index (χ0n) is 11.7. The Morgan fingerprint density at radius 2 is 2.05 bits per heavy atom. The van der Waals surface area contributed by atoms with Crippen LogP contribution < -0.4 is 10.9 Å². The molecular formula is C11H14F3N3O4S. The Hall–Kier alpha value is -1.88. The number of aromatic nitrogens is 1. The Labute approximate surface area is 127 Å². The molecule has 0 saturated carbocycles. The number of rotatable bonds is 4. The maximum absolute atomic E-state index is 13.1. The summed E-state index contributed by atoms with van der Waals surface area (Å²) in [4.78, 5) is 26.1. The summed E-state index contributed by atoms with van der Waals surface area (Å²) >= 11 is 0.585. The van der Waals surface area contributed by atoms with Crippen LogP contribution in [0.5, 0.6) is 0 Å². The SMILES string of the molecule is CCOC(=O)NNC(=O)CC(O)(c1nc(C)cs1)C(F)(F)F. The number of alkyl halides is 3. The number of thiazole rings is 1. The molecule has 1 aromatic rings. The van der Waals surface area contributed by atoms with E-state index in [1.807, 2.05) is 0 Å². The smallest absolute Gasteiger partial charge is 0.426 e. The molecule has 0 saturated heterocycles. The van der Waals surface area contributed by atoms with Crippen LogP contribution in [0, 0.1) is 6.92 Å². The number of nitrogens with zero attached hydrogens (tertiary/aromatic N) is 1. The molecular weight excluding hydrogens is 327 g/mol. The van der Waals surface area contributed by atoms with E-state index in [0.717, 1.165) is 0 Å². The maximum atomic E-state index is 13.1. The molecule has 0 spiro atoms. The Bertz CT molecular complexity index is 549. The molecule has 2 amide bonds. The van der Waals surface area contributed by atoms with Gasteiger partial charge in [-0.15, -0.1) is 11.3 Å². The predicted octanol–water partition coefficient (Wildman–Crippen LogP) is 1.37. The zero-order chi connectivity index (χ0) is 17.0. The van der Waals surface area contributed by atoms with E-state index < -0.39 is 35.2 Å². The molecule has 7 nitrogen and oxygen atoms in total. The first-order valence-electron chi connectivity index (χ1n) is 6.03.